The van der Waals surface area contributed by atoms with Gasteiger partial charge in [-0.2, -0.15) is 0 Å². The number of rotatable bonds is 1. The highest BCUT2D eigenvalue weighted by Crippen LogP contribution is 2.28. The lowest BCUT2D eigenvalue weighted by molar-refractivity contribution is 0.257. The van der Waals surface area contributed by atoms with Gasteiger partial charge in [0.1, 0.15) is 0 Å². The van der Waals surface area contributed by atoms with Gasteiger partial charge in [0.15, 0.2) is 5.13 Å². The van der Waals surface area contributed by atoms with Crippen LogP contribution in [0.2, 0.25) is 0 Å². The second-order valence-corrected chi connectivity index (χ2v) is 4.32. The minimum atomic E-state index is -0.638. The van der Waals surface area contributed by atoms with E-state index < -0.39 is 6.03 Å². The van der Waals surface area contributed by atoms with E-state index in [1.54, 1.807) is 12.1 Å². The van der Waals surface area contributed by atoms with Crippen molar-refractivity contribution in [2.45, 2.75) is 0 Å². The number of carbonyl (C=O) groups is 1. The fourth-order valence-electron chi connectivity index (χ4n) is 1.19. The zero-order valence-electron chi connectivity index (χ0n) is 7.54. The van der Waals surface area contributed by atoms with Crippen molar-refractivity contribution in [2.24, 2.45) is 5.73 Å². The fraction of sp³-hybridized carbons (Fsp3) is 0. The lowest BCUT2D eigenvalue weighted by Gasteiger charge is -2.11. The Morgan fingerprint density at radius 3 is 2.93 bits per heavy atom. The van der Waals surface area contributed by atoms with Crippen LogP contribution in [0.1, 0.15) is 0 Å². The van der Waals surface area contributed by atoms with Crippen LogP contribution in [0.15, 0.2) is 18.2 Å². The number of fused-ring (bicyclic) bond motifs is 1. The summed E-state index contributed by atoms with van der Waals surface area (Å²) in [6.45, 7) is 0. The number of carbonyl (C=O) groups excluding carboxylic acids is 1. The number of thiazole rings is 1. The number of nitrogens with zero attached hydrogens (tertiary/aromatic N) is 2. The predicted molar refractivity (Wildman–Crippen MR) is 65.1 cm³/mol. The van der Waals surface area contributed by atoms with Crippen molar-refractivity contribution in [3.8, 4) is 0 Å². The number of hydrogen-bond donors (Lipinski definition) is 3. The summed E-state index contributed by atoms with van der Waals surface area (Å²) in [5.41, 5.74) is 11.9. The van der Waals surface area contributed by atoms with Crippen LogP contribution in [-0.4, -0.2) is 11.0 Å². The Morgan fingerprint density at radius 2 is 2.27 bits per heavy atom. The van der Waals surface area contributed by atoms with Gasteiger partial charge in [0.05, 0.1) is 15.9 Å². The number of anilines is 2. The summed E-state index contributed by atoms with van der Waals surface area (Å²) in [6.07, 6.45) is 0. The first-order valence-corrected chi connectivity index (χ1v) is 5.24. The zero-order valence-corrected chi connectivity index (χ0v) is 9.26. The SMILES string of the molecule is NC(=O)N(S)c1ccc2sc(N)nc2c1. The van der Waals surface area contributed by atoms with E-state index in [4.69, 9.17) is 11.5 Å². The second kappa shape index (κ2) is 3.59. The molecular weight excluding hydrogens is 232 g/mol. The van der Waals surface area contributed by atoms with Crippen LogP contribution in [0, 0.1) is 0 Å². The Morgan fingerprint density at radius 1 is 1.53 bits per heavy atom. The van der Waals surface area contributed by atoms with E-state index in [-0.39, 0.29) is 0 Å². The Kier molecular flexibility index (Phi) is 2.41. The van der Waals surface area contributed by atoms with Gasteiger partial charge in [-0.15, -0.1) is 0 Å². The van der Waals surface area contributed by atoms with E-state index in [2.05, 4.69) is 17.8 Å². The molecule has 1 aromatic carbocycles. The summed E-state index contributed by atoms with van der Waals surface area (Å²) in [4.78, 5) is 15.0. The molecular formula is C8H8N4OS2. The van der Waals surface area contributed by atoms with Crippen molar-refractivity contribution < 1.29 is 4.79 Å². The summed E-state index contributed by atoms with van der Waals surface area (Å²) < 4.78 is 2.01. The Balaban J connectivity index is 2.50. The van der Waals surface area contributed by atoms with Gasteiger partial charge in [-0.1, -0.05) is 24.2 Å². The summed E-state index contributed by atoms with van der Waals surface area (Å²) in [7, 11) is 0. The third-order valence-corrected chi connectivity index (χ3v) is 3.13. The van der Waals surface area contributed by atoms with Gasteiger partial charge in [-0.05, 0) is 18.2 Å². The van der Waals surface area contributed by atoms with Crippen LogP contribution in [0.3, 0.4) is 0 Å². The molecule has 1 aromatic heterocycles. The van der Waals surface area contributed by atoms with E-state index >= 15 is 0 Å². The first kappa shape index (κ1) is 10.1. The van der Waals surface area contributed by atoms with Crippen LogP contribution in [-0.2, 0) is 0 Å². The third kappa shape index (κ3) is 1.83. The molecule has 4 N–H and O–H groups in total. The average molecular weight is 240 g/mol. The highest BCUT2D eigenvalue weighted by molar-refractivity contribution is 7.82. The Labute approximate surface area is 95.2 Å². The van der Waals surface area contributed by atoms with Gasteiger partial charge in [0, 0.05) is 0 Å². The number of primary amides is 1. The number of aromatic nitrogens is 1. The van der Waals surface area contributed by atoms with Gasteiger partial charge in [0.25, 0.3) is 0 Å². The van der Waals surface area contributed by atoms with Gasteiger partial charge >= 0.3 is 6.03 Å². The predicted octanol–water partition coefficient (Wildman–Crippen LogP) is 1.61. The maximum atomic E-state index is 10.9. The molecule has 15 heavy (non-hydrogen) atoms. The largest absolute Gasteiger partial charge is 0.375 e. The van der Waals surface area contributed by atoms with Crippen LogP contribution in [0.4, 0.5) is 15.6 Å². The van der Waals surface area contributed by atoms with Crippen molar-refractivity contribution in [3.63, 3.8) is 0 Å². The molecule has 2 amide bonds. The van der Waals surface area contributed by atoms with Crippen molar-refractivity contribution in [3.05, 3.63) is 18.2 Å². The smallest absolute Gasteiger partial charge is 0.329 e. The summed E-state index contributed by atoms with van der Waals surface area (Å²) in [5.74, 6) is 0. The van der Waals surface area contributed by atoms with E-state index in [9.17, 15) is 4.79 Å². The van der Waals surface area contributed by atoms with Gasteiger partial charge in [0.2, 0.25) is 0 Å². The number of thiol groups is 1. The number of hydrogen-bond acceptors (Lipinski definition) is 5. The molecule has 0 fully saturated rings. The molecule has 0 unspecified atom stereocenters. The molecule has 0 saturated carbocycles. The summed E-state index contributed by atoms with van der Waals surface area (Å²) in [6, 6.07) is 4.63. The monoisotopic (exact) mass is 240 g/mol. The Hall–Kier alpha value is -1.47. The number of amides is 2. The van der Waals surface area contributed by atoms with Crippen molar-refractivity contribution in [2.75, 3.05) is 10.0 Å². The Bertz CT molecular complexity index is 524. The molecule has 0 aliphatic rings. The molecule has 0 saturated heterocycles. The standard InChI is InChI=1S/C8H8N4OS2/c9-7-11-5-3-4(12(14)8(10)13)1-2-6(5)15-7/h1-3,14H,(H2,9,11)(H2,10,13). The van der Waals surface area contributed by atoms with Crippen LogP contribution >= 0.6 is 24.2 Å². The zero-order chi connectivity index (χ0) is 11.0. The van der Waals surface area contributed by atoms with E-state index in [0.717, 1.165) is 14.5 Å². The molecule has 0 atom stereocenters. The number of urea groups is 1. The van der Waals surface area contributed by atoms with Crippen LogP contribution < -0.4 is 15.8 Å². The van der Waals surface area contributed by atoms with Crippen molar-refractivity contribution in [1.82, 2.24) is 4.98 Å². The summed E-state index contributed by atoms with van der Waals surface area (Å²) in [5, 5.41) is 0.493. The fourth-order valence-corrected chi connectivity index (χ4v) is 2.03. The van der Waals surface area contributed by atoms with Gasteiger partial charge < -0.3 is 11.5 Å². The van der Waals surface area contributed by atoms with Crippen LogP contribution in [0.25, 0.3) is 10.2 Å². The molecule has 5 nitrogen and oxygen atoms in total. The molecule has 2 rings (SSSR count). The highest BCUT2D eigenvalue weighted by atomic mass is 32.1. The van der Waals surface area contributed by atoms with E-state index in [1.165, 1.54) is 11.3 Å². The lowest BCUT2D eigenvalue weighted by atomic mass is 10.3. The minimum absolute atomic E-state index is 0.493. The maximum absolute atomic E-state index is 10.9. The number of benzene rings is 1. The van der Waals surface area contributed by atoms with Gasteiger partial charge in [-0.25, -0.2) is 14.1 Å². The second-order valence-electron chi connectivity index (χ2n) is 2.85. The van der Waals surface area contributed by atoms with Crippen LogP contribution in [0.5, 0.6) is 0 Å². The molecule has 0 radical (unpaired) electrons. The number of nitrogen functional groups attached to an aromatic ring is 1. The molecule has 0 bridgehead atoms. The third-order valence-electron chi connectivity index (χ3n) is 1.84. The lowest BCUT2D eigenvalue weighted by Crippen LogP contribution is -2.27. The molecule has 7 heteroatoms. The first-order valence-electron chi connectivity index (χ1n) is 4.02. The number of nitrogens with two attached hydrogens (primary N) is 2. The highest BCUT2D eigenvalue weighted by Gasteiger charge is 2.09. The topological polar surface area (TPSA) is 85.2 Å². The normalized spacial score (nSPS) is 10.5. The molecule has 2 aromatic rings. The molecule has 1 heterocycles. The quantitative estimate of drug-likeness (QED) is 0.662. The van der Waals surface area contributed by atoms with E-state index in [1.807, 2.05) is 6.07 Å². The minimum Gasteiger partial charge on any atom is -0.375 e. The average Bonchev–Trinajstić information content (AvgIpc) is 2.55. The molecule has 0 aliphatic carbocycles. The first-order chi connectivity index (χ1) is 7.08. The molecule has 0 spiro atoms. The molecule has 0 aliphatic heterocycles. The van der Waals surface area contributed by atoms with Crippen molar-refractivity contribution >= 4 is 51.2 Å². The van der Waals surface area contributed by atoms with Gasteiger partial charge in [-0.3, -0.25) is 0 Å². The van der Waals surface area contributed by atoms with E-state index in [0.29, 0.717) is 10.8 Å². The maximum Gasteiger partial charge on any atom is 0.329 e. The summed E-state index contributed by atoms with van der Waals surface area (Å²) >= 11 is 5.34. The molecule has 78 valence electrons. The van der Waals surface area contributed by atoms with Crippen molar-refractivity contribution in [1.29, 1.82) is 0 Å².